The van der Waals surface area contributed by atoms with Gasteiger partial charge in [0.15, 0.2) is 0 Å². The van der Waals surface area contributed by atoms with Gasteiger partial charge in [-0.05, 0) is 18.9 Å². The first-order valence-electron chi connectivity index (χ1n) is 6.33. The number of nitrogens with zero attached hydrogens (tertiary/aromatic N) is 2. The van der Waals surface area contributed by atoms with E-state index in [0.29, 0.717) is 10.7 Å². The summed E-state index contributed by atoms with van der Waals surface area (Å²) in [5.74, 6) is -1.25. The van der Waals surface area contributed by atoms with Crippen LogP contribution in [0, 0.1) is 0 Å². The number of halogens is 1. The average molecular weight is 285 g/mol. The van der Waals surface area contributed by atoms with E-state index in [4.69, 9.17) is 16.7 Å². The number of hydrogen-bond donors (Lipinski definition) is 1. The lowest BCUT2D eigenvalue weighted by Crippen LogP contribution is -2.42. The second kappa shape index (κ2) is 5.65. The van der Waals surface area contributed by atoms with E-state index in [1.807, 2.05) is 0 Å². The van der Waals surface area contributed by atoms with E-state index in [1.165, 1.54) is 4.90 Å². The van der Waals surface area contributed by atoms with Crippen molar-refractivity contribution in [3.63, 3.8) is 0 Å². The zero-order chi connectivity index (χ0) is 14.0. The number of carbonyl (C=O) groups excluding carboxylic acids is 1. The first kappa shape index (κ1) is 13.9. The molecule has 1 heterocycles. The van der Waals surface area contributed by atoms with E-state index in [0.717, 1.165) is 25.7 Å². The number of hydrogen-bond acceptors (Lipinski definition) is 2. The third-order valence-corrected chi connectivity index (χ3v) is 3.73. The summed E-state index contributed by atoms with van der Waals surface area (Å²) in [6.45, 7) is -0.258. The lowest BCUT2D eigenvalue weighted by molar-refractivity contribution is -0.138. The van der Waals surface area contributed by atoms with Gasteiger partial charge in [0.25, 0.3) is 5.91 Å². The summed E-state index contributed by atoms with van der Waals surface area (Å²) in [6, 6.07) is 1.60. The van der Waals surface area contributed by atoms with Gasteiger partial charge in [-0.1, -0.05) is 24.4 Å². The van der Waals surface area contributed by atoms with Gasteiger partial charge in [0, 0.05) is 19.3 Å². The van der Waals surface area contributed by atoms with Crippen LogP contribution in [-0.2, 0) is 11.8 Å². The van der Waals surface area contributed by atoms with Crippen LogP contribution in [0.4, 0.5) is 0 Å². The first-order chi connectivity index (χ1) is 8.99. The maximum absolute atomic E-state index is 12.5. The van der Waals surface area contributed by atoms with Crippen LogP contribution in [0.3, 0.4) is 0 Å². The van der Waals surface area contributed by atoms with Crippen LogP contribution >= 0.6 is 11.6 Å². The van der Waals surface area contributed by atoms with Crippen molar-refractivity contribution in [3.05, 3.63) is 23.0 Å². The van der Waals surface area contributed by atoms with Crippen molar-refractivity contribution in [1.82, 2.24) is 9.47 Å². The Kier molecular flexibility index (Phi) is 4.14. The van der Waals surface area contributed by atoms with Crippen molar-refractivity contribution < 1.29 is 14.7 Å². The molecule has 0 spiro atoms. The smallest absolute Gasteiger partial charge is 0.323 e. The zero-order valence-corrected chi connectivity index (χ0v) is 11.6. The average Bonchev–Trinajstić information content (AvgIpc) is 2.94. The van der Waals surface area contributed by atoms with Gasteiger partial charge in [-0.2, -0.15) is 0 Å². The molecule has 0 radical (unpaired) electrons. The quantitative estimate of drug-likeness (QED) is 0.921. The van der Waals surface area contributed by atoms with Crippen LogP contribution < -0.4 is 0 Å². The van der Waals surface area contributed by atoms with Gasteiger partial charge in [0.05, 0.1) is 5.02 Å². The highest BCUT2D eigenvalue weighted by Gasteiger charge is 2.30. The number of carboxylic acid groups (broad SMARTS) is 1. The van der Waals surface area contributed by atoms with Gasteiger partial charge in [0.2, 0.25) is 0 Å². The number of aliphatic carboxylic acids is 1. The molecule has 0 aromatic carbocycles. The SMILES string of the molecule is Cn1cc(Cl)cc1C(=O)N(CC(=O)O)C1CCCC1. The van der Waals surface area contributed by atoms with E-state index in [1.54, 1.807) is 23.9 Å². The molecule has 5 nitrogen and oxygen atoms in total. The fraction of sp³-hybridized carbons (Fsp3) is 0.538. The Morgan fingerprint density at radius 3 is 2.58 bits per heavy atom. The normalized spacial score (nSPS) is 15.7. The Balaban J connectivity index is 2.24. The number of amides is 1. The second-order valence-electron chi connectivity index (χ2n) is 4.92. The molecular weight excluding hydrogens is 268 g/mol. The maximum atomic E-state index is 12.5. The molecule has 1 fully saturated rings. The molecule has 1 N–H and O–H groups in total. The molecule has 1 saturated carbocycles. The first-order valence-corrected chi connectivity index (χ1v) is 6.71. The Labute approximate surface area is 116 Å². The molecule has 19 heavy (non-hydrogen) atoms. The van der Waals surface area contributed by atoms with Gasteiger partial charge >= 0.3 is 5.97 Å². The van der Waals surface area contributed by atoms with Crippen molar-refractivity contribution in [2.45, 2.75) is 31.7 Å². The van der Waals surface area contributed by atoms with Gasteiger partial charge < -0.3 is 14.6 Å². The summed E-state index contributed by atoms with van der Waals surface area (Å²) in [5.41, 5.74) is 0.429. The number of carbonyl (C=O) groups is 2. The predicted molar refractivity (Wildman–Crippen MR) is 71.4 cm³/mol. The van der Waals surface area contributed by atoms with Crippen molar-refractivity contribution in [2.24, 2.45) is 7.05 Å². The van der Waals surface area contributed by atoms with Crippen LogP contribution in [0.1, 0.15) is 36.2 Å². The van der Waals surface area contributed by atoms with Crippen molar-refractivity contribution in [1.29, 1.82) is 0 Å². The molecule has 104 valence electrons. The molecule has 1 aliphatic rings. The standard InChI is InChI=1S/C13H17ClN2O3/c1-15-7-9(14)6-11(15)13(19)16(8-12(17)18)10-4-2-3-5-10/h6-7,10H,2-5,8H2,1H3,(H,17,18). The van der Waals surface area contributed by atoms with Crippen LogP contribution in [0.15, 0.2) is 12.3 Å². The molecule has 1 aromatic rings. The molecule has 0 aliphatic heterocycles. The molecular formula is C13H17ClN2O3. The lowest BCUT2D eigenvalue weighted by atomic mass is 10.2. The van der Waals surface area contributed by atoms with Gasteiger partial charge in [-0.3, -0.25) is 9.59 Å². The van der Waals surface area contributed by atoms with Crippen molar-refractivity contribution in [3.8, 4) is 0 Å². The largest absolute Gasteiger partial charge is 0.480 e. The molecule has 6 heteroatoms. The fourth-order valence-corrected chi connectivity index (χ4v) is 2.86. The number of aryl methyl sites for hydroxylation is 1. The highest BCUT2D eigenvalue weighted by atomic mass is 35.5. The number of rotatable bonds is 4. The van der Waals surface area contributed by atoms with Gasteiger partial charge in [-0.15, -0.1) is 0 Å². The second-order valence-corrected chi connectivity index (χ2v) is 5.36. The Morgan fingerprint density at radius 2 is 2.11 bits per heavy atom. The van der Waals surface area contributed by atoms with Crippen molar-refractivity contribution >= 4 is 23.5 Å². The van der Waals surface area contributed by atoms with Gasteiger partial charge in [0.1, 0.15) is 12.2 Å². The highest BCUT2D eigenvalue weighted by Crippen LogP contribution is 2.25. The molecule has 1 aromatic heterocycles. The Hall–Kier alpha value is -1.49. The number of aromatic nitrogens is 1. The Morgan fingerprint density at radius 1 is 1.47 bits per heavy atom. The molecule has 0 unspecified atom stereocenters. The van der Waals surface area contributed by atoms with Crippen LogP contribution in [-0.4, -0.2) is 39.0 Å². The van der Waals surface area contributed by atoms with Crippen LogP contribution in [0.25, 0.3) is 0 Å². The minimum Gasteiger partial charge on any atom is -0.480 e. The highest BCUT2D eigenvalue weighted by molar-refractivity contribution is 6.31. The van der Waals surface area contributed by atoms with E-state index in [-0.39, 0.29) is 18.5 Å². The third kappa shape index (κ3) is 3.10. The number of carboxylic acids is 1. The Bertz CT molecular complexity index is 492. The molecule has 1 aliphatic carbocycles. The lowest BCUT2D eigenvalue weighted by Gasteiger charge is -2.27. The summed E-state index contributed by atoms with van der Waals surface area (Å²) in [6.07, 6.45) is 5.47. The third-order valence-electron chi connectivity index (χ3n) is 3.52. The summed E-state index contributed by atoms with van der Waals surface area (Å²) >= 11 is 5.87. The fourth-order valence-electron chi connectivity index (χ4n) is 2.61. The topological polar surface area (TPSA) is 62.5 Å². The van der Waals surface area contributed by atoms with E-state index in [9.17, 15) is 9.59 Å². The van der Waals surface area contributed by atoms with Crippen molar-refractivity contribution in [2.75, 3.05) is 6.54 Å². The molecule has 2 rings (SSSR count). The molecule has 0 bridgehead atoms. The minimum atomic E-state index is -0.986. The van der Waals surface area contributed by atoms with Crippen LogP contribution in [0.5, 0.6) is 0 Å². The zero-order valence-electron chi connectivity index (χ0n) is 10.8. The minimum absolute atomic E-state index is 0.0253. The summed E-state index contributed by atoms with van der Waals surface area (Å²) in [5, 5.41) is 9.47. The van der Waals surface area contributed by atoms with Crippen LogP contribution in [0.2, 0.25) is 5.02 Å². The predicted octanol–water partition coefficient (Wildman–Crippen LogP) is 2.15. The van der Waals surface area contributed by atoms with E-state index >= 15 is 0 Å². The molecule has 1 amide bonds. The summed E-state index contributed by atoms with van der Waals surface area (Å²) in [7, 11) is 1.73. The molecule has 0 saturated heterocycles. The maximum Gasteiger partial charge on any atom is 0.323 e. The monoisotopic (exact) mass is 284 g/mol. The summed E-state index contributed by atoms with van der Waals surface area (Å²) < 4.78 is 1.63. The summed E-state index contributed by atoms with van der Waals surface area (Å²) in [4.78, 5) is 24.9. The van der Waals surface area contributed by atoms with E-state index in [2.05, 4.69) is 0 Å². The van der Waals surface area contributed by atoms with Gasteiger partial charge in [-0.25, -0.2) is 0 Å². The van der Waals surface area contributed by atoms with E-state index < -0.39 is 5.97 Å². The molecule has 0 atom stereocenters.